The van der Waals surface area contributed by atoms with Crippen molar-refractivity contribution in [1.82, 2.24) is 4.90 Å². The maximum atomic E-state index is 2.70. The van der Waals surface area contributed by atoms with Crippen LogP contribution in [0.2, 0.25) is 0 Å². The molecule has 120 valence electrons. The highest BCUT2D eigenvalue weighted by atomic mass is 15.2. The van der Waals surface area contributed by atoms with Gasteiger partial charge in [-0.05, 0) is 65.8 Å². The molecule has 0 fully saturated rings. The molecule has 0 saturated carbocycles. The predicted molar refractivity (Wildman–Crippen MR) is 98.2 cm³/mol. The van der Waals surface area contributed by atoms with Crippen LogP contribution in [0, 0.1) is 0 Å². The summed E-state index contributed by atoms with van der Waals surface area (Å²) in [6, 6.07) is 14.5. The van der Waals surface area contributed by atoms with Gasteiger partial charge >= 0.3 is 0 Å². The molecule has 0 spiro atoms. The summed E-state index contributed by atoms with van der Waals surface area (Å²) >= 11 is 0. The van der Waals surface area contributed by atoms with Gasteiger partial charge in [0, 0.05) is 32.4 Å². The molecule has 0 saturated heterocycles. The highest BCUT2D eigenvalue weighted by Crippen LogP contribution is 2.45. The molecule has 23 heavy (non-hydrogen) atoms. The van der Waals surface area contributed by atoms with Crippen LogP contribution in [0.25, 0.3) is 11.1 Å². The topological polar surface area (TPSA) is 6.48 Å². The summed E-state index contributed by atoms with van der Waals surface area (Å²) < 4.78 is 0. The number of benzene rings is 2. The molecule has 1 aliphatic carbocycles. The zero-order valence-electron chi connectivity index (χ0n) is 14.5. The van der Waals surface area contributed by atoms with E-state index in [1.807, 2.05) is 0 Å². The van der Waals surface area contributed by atoms with Gasteiger partial charge in [-0.3, -0.25) is 4.90 Å². The zero-order chi connectivity index (χ0) is 16.0. The van der Waals surface area contributed by atoms with Crippen LogP contribution in [-0.2, 0) is 12.8 Å². The quantitative estimate of drug-likeness (QED) is 0.835. The van der Waals surface area contributed by atoms with Crippen LogP contribution < -0.4 is 4.90 Å². The van der Waals surface area contributed by atoms with Gasteiger partial charge in [-0.1, -0.05) is 31.2 Å². The summed E-state index contributed by atoms with van der Waals surface area (Å²) in [4.78, 5) is 4.90. The second-order valence-electron chi connectivity index (χ2n) is 7.12. The summed E-state index contributed by atoms with van der Waals surface area (Å²) in [6.07, 6.45) is 3.59. The Morgan fingerprint density at radius 1 is 1.09 bits per heavy atom. The molecule has 1 atom stereocenters. The van der Waals surface area contributed by atoms with Gasteiger partial charge in [0.05, 0.1) is 0 Å². The highest BCUT2D eigenvalue weighted by molar-refractivity contribution is 5.78. The number of nitrogens with zero attached hydrogens (tertiary/aromatic N) is 2. The Kier molecular flexibility index (Phi) is 3.65. The summed E-state index contributed by atoms with van der Waals surface area (Å²) in [5.74, 6) is 0. The minimum Gasteiger partial charge on any atom is -0.378 e. The molecule has 0 aromatic heterocycles. The fourth-order valence-electron chi connectivity index (χ4n) is 4.33. The average Bonchev–Trinajstić information content (AvgIpc) is 2.57. The lowest BCUT2D eigenvalue weighted by Crippen LogP contribution is -2.38. The first-order valence-electron chi connectivity index (χ1n) is 8.85. The van der Waals surface area contributed by atoms with E-state index in [0.717, 1.165) is 6.42 Å². The van der Waals surface area contributed by atoms with E-state index in [4.69, 9.17) is 0 Å². The van der Waals surface area contributed by atoms with E-state index < -0.39 is 0 Å². The second kappa shape index (κ2) is 5.68. The first-order chi connectivity index (χ1) is 11.2. The Labute approximate surface area is 139 Å². The molecule has 2 nitrogen and oxygen atoms in total. The second-order valence-corrected chi connectivity index (χ2v) is 7.12. The number of hydrogen-bond donors (Lipinski definition) is 0. The third-order valence-corrected chi connectivity index (χ3v) is 5.46. The van der Waals surface area contributed by atoms with E-state index in [0.29, 0.717) is 6.04 Å². The number of anilines is 1. The molecule has 2 aliphatic rings. The average molecular weight is 306 g/mol. The van der Waals surface area contributed by atoms with Crippen LogP contribution in [0.5, 0.6) is 0 Å². The van der Waals surface area contributed by atoms with Crippen LogP contribution in [0.3, 0.4) is 0 Å². The molecule has 0 bridgehead atoms. The Morgan fingerprint density at radius 2 is 1.96 bits per heavy atom. The molecule has 0 radical (unpaired) electrons. The molecule has 2 aromatic carbocycles. The Morgan fingerprint density at radius 3 is 2.74 bits per heavy atom. The normalized spacial score (nSPS) is 19.2. The van der Waals surface area contributed by atoms with Gasteiger partial charge in [0.2, 0.25) is 0 Å². The molecule has 1 unspecified atom stereocenters. The Hall–Kier alpha value is -1.80. The highest BCUT2D eigenvalue weighted by Gasteiger charge is 2.33. The summed E-state index contributed by atoms with van der Waals surface area (Å²) in [5, 5.41) is 0. The third-order valence-electron chi connectivity index (χ3n) is 5.46. The van der Waals surface area contributed by atoms with Crippen molar-refractivity contribution < 1.29 is 0 Å². The molecular formula is C21H26N2. The molecule has 1 heterocycles. The van der Waals surface area contributed by atoms with Crippen LogP contribution in [0.4, 0.5) is 5.69 Å². The van der Waals surface area contributed by atoms with Gasteiger partial charge in [0.25, 0.3) is 0 Å². The van der Waals surface area contributed by atoms with Crippen molar-refractivity contribution in [1.29, 1.82) is 0 Å². The monoisotopic (exact) mass is 306 g/mol. The summed E-state index contributed by atoms with van der Waals surface area (Å²) in [5.41, 5.74) is 8.89. The summed E-state index contributed by atoms with van der Waals surface area (Å²) in [6.45, 7) is 4.71. The Bertz CT molecular complexity index is 733. The molecule has 1 aliphatic heterocycles. The SMILES string of the molecule is CCCN1CCc2cccc3c2C1Cc1ccc(N(C)C)cc1-3. The van der Waals surface area contributed by atoms with Crippen LogP contribution in [0.1, 0.15) is 36.1 Å². The van der Waals surface area contributed by atoms with Crippen molar-refractivity contribution >= 4 is 5.69 Å². The maximum Gasteiger partial charge on any atom is 0.0397 e. The number of fused-ring (bicyclic) bond motifs is 2. The smallest absolute Gasteiger partial charge is 0.0397 e. The predicted octanol–water partition coefficient (Wildman–Crippen LogP) is 4.28. The van der Waals surface area contributed by atoms with Gasteiger partial charge in [-0.25, -0.2) is 0 Å². The van der Waals surface area contributed by atoms with E-state index in [1.165, 1.54) is 48.3 Å². The van der Waals surface area contributed by atoms with Crippen molar-refractivity contribution in [2.24, 2.45) is 0 Å². The van der Waals surface area contributed by atoms with E-state index in [1.54, 1.807) is 11.1 Å². The van der Waals surface area contributed by atoms with Crippen molar-refractivity contribution in [3.05, 3.63) is 53.1 Å². The number of hydrogen-bond acceptors (Lipinski definition) is 2. The first-order valence-corrected chi connectivity index (χ1v) is 8.85. The van der Waals surface area contributed by atoms with Gasteiger partial charge < -0.3 is 4.90 Å². The lowest BCUT2D eigenvalue weighted by atomic mass is 9.77. The third kappa shape index (κ3) is 2.36. The van der Waals surface area contributed by atoms with Gasteiger partial charge in [-0.2, -0.15) is 0 Å². The standard InChI is InChI=1S/C21H26N2/c1-4-11-23-12-10-15-6-5-7-18-19-14-17(22(2)3)9-8-16(19)13-20(23)21(15)18/h5-9,14,20H,4,10-13H2,1-3H3. The molecule has 0 N–H and O–H groups in total. The fourth-order valence-corrected chi connectivity index (χ4v) is 4.33. The van der Waals surface area contributed by atoms with Crippen LogP contribution >= 0.6 is 0 Å². The van der Waals surface area contributed by atoms with E-state index in [2.05, 4.69) is 67.2 Å². The van der Waals surface area contributed by atoms with Crippen LogP contribution in [-0.4, -0.2) is 32.1 Å². The van der Waals surface area contributed by atoms with E-state index >= 15 is 0 Å². The van der Waals surface area contributed by atoms with Gasteiger partial charge in [-0.15, -0.1) is 0 Å². The Balaban J connectivity index is 1.87. The molecule has 2 heteroatoms. The van der Waals surface area contributed by atoms with Crippen molar-refractivity contribution in [2.45, 2.75) is 32.2 Å². The molecular weight excluding hydrogens is 280 g/mol. The van der Waals surface area contributed by atoms with Crippen molar-refractivity contribution in [3.63, 3.8) is 0 Å². The van der Waals surface area contributed by atoms with Gasteiger partial charge in [0.1, 0.15) is 0 Å². The van der Waals surface area contributed by atoms with E-state index in [-0.39, 0.29) is 0 Å². The minimum atomic E-state index is 0.576. The zero-order valence-corrected chi connectivity index (χ0v) is 14.5. The largest absolute Gasteiger partial charge is 0.378 e. The lowest BCUT2D eigenvalue weighted by molar-refractivity contribution is 0.183. The lowest BCUT2D eigenvalue weighted by Gasteiger charge is -2.41. The van der Waals surface area contributed by atoms with Gasteiger partial charge in [0.15, 0.2) is 0 Å². The fraction of sp³-hybridized carbons (Fsp3) is 0.429. The van der Waals surface area contributed by atoms with Crippen molar-refractivity contribution in [2.75, 3.05) is 32.1 Å². The molecule has 4 rings (SSSR count). The maximum absolute atomic E-state index is 2.70. The first kappa shape index (κ1) is 14.8. The minimum absolute atomic E-state index is 0.576. The van der Waals surface area contributed by atoms with Crippen molar-refractivity contribution in [3.8, 4) is 11.1 Å². The van der Waals surface area contributed by atoms with Crippen LogP contribution in [0.15, 0.2) is 36.4 Å². The van der Waals surface area contributed by atoms with E-state index in [9.17, 15) is 0 Å². The molecule has 2 aromatic rings. The number of rotatable bonds is 3. The molecule has 0 amide bonds. The summed E-state index contributed by atoms with van der Waals surface area (Å²) in [7, 11) is 4.24.